The van der Waals surface area contributed by atoms with E-state index in [2.05, 4.69) is 20.8 Å². The highest BCUT2D eigenvalue weighted by Crippen LogP contribution is 2.21. The second-order valence-electron chi connectivity index (χ2n) is 5.87. The molecule has 0 aliphatic heterocycles. The van der Waals surface area contributed by atoms with Crippen LogP contribution in [0.5, 0.6) is 0 Å². The number of hydrazone groups is 1. The van der Waals surface area contributed by atoms with Crippen molar-refractivity contribution in [3.8, 4) is 0 Å². The van der Waals surface area contributed by atoms with Crippen LogP contribution in [-0.4, -0.2) is 23.0 Å². The molecule has 0 unspecified atom stereocenters. The van der Waals surface area contributed by atoms with E-state index < -0.39 is 5.91 Å². The van der Waals surface area contributed by atoms with Crippen LogP contribution >= 0.6 is 11.6 Å². The Bertz CT molecular complexity index is 1050. The molecule has 0 bridgehead atoms. The molecule has 0 aliphatic rings. The summed E-state index contributed by atoms with van der Waals surface area (Å²) >= 11 is 6.02. The number of anilines is 1. The van der Waals surface area contributed by atoms with Crippen molar-refractivity contribution in [2.24, 2.45) is 5.10 Å². The Kier molecular flexibility index (Phi) is 6.86. The van der Waals surface area contributed by atoms with Gasteiger partial charge in [0.2, 0.25) is 0 Å². The van der Waals surface area contributed by atoms with E-state index in [-0.39, 0.29) is 11.5 Å². The van der Waals surface area contributed by atoms with Gasteiger partial charge >= 0.3 is 0 Å². The number of pyridine rings is 1. The van der Waals surface area contributed by atoms with Gasteiger partial charge in [0.15, 0.2) is 0 Å². The van der Waals surface area contributed by atoms with Gasteiger partial charge in [-0.25, -0.2) is 5.43 Å². The van der Waals surface area contributed by atoms with Gasteiger partial charge in [-0.1, -0.05) is 48.0 Å². The number of aromatic nitrogens is 1. The van der Waals surface area contributed by atoms with Gasteiger partial charge in [-0.3, -0.25) is 14.6 Å². The minimum atomic E-state index is -0.498. The van der Waals surface area contributed by atoms with Crippen LogP contribution in [0.3, 0.4) is 0 Å². The lowest BCUT2D eigenvalue weighted by Crippen LogP contribution is -2.21. The van der Waals surface area contributed by atoms with Crippen molar-refractivity contribution in [1.29, 1.82) is 0 Å². The minimum Gasteiger partial charge on any atom is -0.321 e. The topological polar surface area (TPSA) is 83.5 Å². The van der Waals surface area contributed by atoms with Gasteiger partial charge in [-0.05, 0) is 42.0 Å². The number of hydrogen-bond donors (Lipinski definition) is 2. The van der Waals surface area contributed by atoms with Crippen molar-refractivity contribution in [1.82, 2.24) is 10.4 Å². The number of carbonyl (C=O) groups excluding carboxylic acids is 2. The summed E-state index contributed by atoms with van der Waals surface area (Å²) in [6, 6.07) is 17.5. The first kappa shape index (κ1) is 20.0. The fourth-order valence-corrected chi connectivity index (χ4v) is 2.60. The number of nitrogens with zero attached hydrogens (tertiary/aromatic N) is 2. The summed E-state index contributed by atoms with van der Waals surface area (Å²) < 4.78 is 0. The summed E-state index contributed by atoms with van der Waals surface area (Å²) in [5.74, 6) is -0.861. The molecule has 0 radical (unpaired) electrons. The van der Waals surface area contributed by atoms with E-state index in [0.717, 1.165) is 5.56 Å². The fraction of sp³-hybridized carbons (Fsp3) is 0. The maximum atomic E-state index is 12.5. The lowest BCUT2D eigenvalue weighted by atomic mass is 10.1. The number of nitrogens with one attached hydrogen (secondary N) is 2. The number of carbonyl (C=O) groups is 2. The highest BCUT2D eigenvalue weighted by Gasteiger charge is 2.14. The average molecular weight is 405 g/mol. The lowest BCUT2D eigenvalue weighted by Gasteiger charge is -2.10. The van der Waals surface area contributed by atoms with Crippen LogP contribution in [-0.2, 0) is 0 Å². The Hall–Kier alpha value is -3.77. The molecule has 0 spiro atoms. The van der Waals surface area contributed by atoms with Gasteiger partial charge in [-0.15, -0.1) is 0 Å². The molecule has 3 aromatic rings. The van der Waals surface area contributed by atoms with Crippen molar-refractivity contribution < 1.29 is 9.59 Å². The van der Waals surface area contributed by atoms with Crippen molar-refractivity contribution >= 4 is 41.4 Å². The summed E-state index contributed by atoms with van der Waals surface area (Å²) in [5.41, 5.74) is 4.38. The van der Waals surface area contributed by atoms with Gasteiger partial charge in [0.25, 0.3) is 11.8 Å². The first-order valence-electron chi connectivity index (χ1n) is 8.69. The Morgan fingerprint density at radius 1 is 0.966 bits per heavy atom. The lowest BCUT2D eigenvalue weighted by molar-refractivity contribution is 0.0956. The molecule has 0 atom stereocenters. The quantitative estimate of drug-likeness (QED) is 0.471. The highest BCUT2D eigenvalue weighted by atomic mass is 35.5. The molecule has 29 heavy (non-hydrogen) atoms. The van der Waals surface area contributed by atoms with E-state index >= 15 is 0 Å². The zero-order valence-corrected chi connectivity index (χ0v) is 16.0. The van der Waals surface area contributed by atoms with Crippen molar-refractivity contribution in [3.05, 3.63) is 101 Å². The smallest absolute Gasteiger partial charge is 0.273 e. The van der Waals surface area contributed by atoms with Crippen LogP contribution in [0.15, 0.2) is 84.2 Å². The van der Waals surface area contributed by atoms with Gasteiger partial charge in [-0.2, -0.15) is 5.10 Å². The molecule has 2 amide bonds. The number of hydrogen-bond acceptors (Lipinski definition) is 4. The highest BCUT2D eigenvalue weighted by molar-refractivity contribution is 6.31. The monoisotopic (exact) mass is 404 g/mol. The number of allylic oxidation sites excluding steroid dienone is 1. The van der Waals surface area contributed by atoms with E-state index in [1.807, 2.05) is 36.4 Å². The molecule has 0 saturated carbocycles. The second-order valence-corrected chi connectivity index (χ2v) is 6.31. The van der Waals surface area contributed by atoms with E-state index in [9.17, 15) is 9.59 Å². The molecule has 1 aromatic heterocycles. The van der Waals surface area contributed by atoms with Gasteiger partial charge in [0, 0.05) is 29.2 Å². The maximum absolute atomic E-state index is 12.5. The largest absolute Gasteiger partial charge is 0.321 e. The minimum absolute atomic E-state index is 0.198. The summed E-state index contributed by atoms with van der Waals surface area (Å²) in [6.45, 7) is 0. The van der Waals surface area contributed by atoms with Crippen molar-refractivity contribution in [3.63, 3.8) is 0 Å². The molecular weight excluding hydrogens is 388 g/mol. The van der Waals surface area contributed by atoms with Crippen molar-refractivity contribution in [2.45, 2.75) is 0 Å². The number of halogens is 1. The molecule has 1 heterocycles. The summed E-state index contributed by atoms with van der Waals surface area (Å²) in [7, 11) is 0. The van der Waals surface area contributed by atoms with Crippen LogP contribution < -0.4 is 10.7 Å². The Labute approximate surface area is 172 Å². The zero-order chi connectivity index (χ0) is 20.5. The zero-order valence-electron chi connectivity index (χ0n) is 15.2. The predicted octanol–water partition coefficient (Wildman–Crippen LogP) is 4.42. The van der Waals surface area contributed by atoms with Gasteiger partial charge in [0.1, 0.15) is 0 Å². The summed E-state index contributed by atoms with van der Waals surface area (Å²) in [5, 5.41) is 6.97. The molecule has 0 aliphatic carbocycles. The standard InChI is InChI=1S/C22H17ClN4O2/c23-18-8-9-20(26-21(28)17-10-13-24-14-11-17)19(15-18)22(29)27-25-12-4-7-16-5-2-1-3-6-16/h1-15H,(H,26,28)(H,27,29). The maximum Gasteiger partial charge on any atom is 0.273 e. The number of rotatable bonds is 6. The molecule has 3 rings (SSSR count). The SMILES string of the molecule is O=C(Nc1ccc(Cl)cc1C(=O)NN=CC=Cc1ccccc1)c1ccncc1. The van der Waals surface area contributed by atoms with E-state index in [1.165, 1.54) is 24.7 Å². The van der Waals surface area contributed by atoms with E-state index in [1.54, 1.807) is 30.3 Å². The predicted molar refractivity (Wildman–Crippen MR) is 115 cm³/mol. The third-order valence-electron chi connectivity index (χ3n) is 3.83. The molecule has 2 aromatic carbocycles. The molecule has 0 fully saturated rings. The summed E-state index contributed by atoms with van der Waals surface area (Å²) in [4.78, 5) is 28.7. The van der Waals surface area contributed by atoms with E-state index in [0.29, 0.717) is 16.3 Å². The second kappa shape index (κ2) is 9.96. The Balaban J connectivity index is 1.68. The molecule has 2 N–H and O–H groups in total. The van der Waals surface area contributed by atoms with Gasteiger partial charge in [0.05, 0.1) is 11.3 Å². The number of amides is 2. The Morgan fingerprint density at radius 3 is 2.48 bits per heavy atom. The third-order valence-corrected chi connectivity index (χ3v) is 4.07. The fourth-order valence-electron chi connectivity index (χ4n) is 2.43. The first-order valence-corrected chi connectivity index (χ1v) is 9.07. The molecule has 7 heteroatoms. The molecule has 0 saturated heterocycles. The molecular formula is C22H17ClN4O2. The first-order chi connectivity index (χ1) is 14.1. The molecule has 144 valence electrons. The Morgan fingerprint density at radius 2 is 1.72 bits per heavy atom. The molecule has 6 nitrogen and oxygen atoms in total. The normalized spacial score (nSPS) is 10.9. The third kappa shape index (κ3) is 5.85. The summed E-state index contributed by atoms with van der Waals surface area (Å²) in [6.07, 6.45) is 8.06. The van der Waals surface area contributed by atoms with Crippen molar-refractivity contribution in [2.75, 3.05) is 5.32 Å². The van der Waals surface area contributed by atoms with Gasteiger partial charge < -0.3 is 5.32 Å². The number of benzene rings is 2. The average Bonchev–Trinajstić information content (AvgIpc) is 2.76. The van der Waals surface area contributed by atoms with Crippen LogP contribution in [0.25, 0.3) is 6.08 Å². The van der Waals surface area contributed by atoms with Crippen LogP contribution in [0.4, 0.5) is 5.69 Å². The van der Waals surface area contributed by atoms with Crippen LogP contribution in [0.2, 0.25) is 5.02 Å². The van der Waals surface area contributed by atoms with E-state index in [4.69, 9.17) is 11.6 Å². The van der Waals surface area contributed by atoms with Crippen LogP contribution in [0, 0.1) is 0 Å². The van der Waals surface area contributed by atoms with Crippen LogP contribution in [0.1, 0.15) is 26.3 Å².